The Morgan fingerprint density at radius 3 is 2.94 bits per heavy atom. The number of hydrogen-bond donors (Lipinski definition) is 0. The Morgan fingerprint density at radius 2 is 2.12 bits per heavy atom. The molecule has 2 aromatic heterocycles. The molecule has 0 fully saturated rings. The van der Waals surface area contributed by atoms with E-state index in [2.05, 4.69) is 15.1 Å². The molecule has 0 unspecified atom stereocenters. The number of aryl methyl sites for hydroxylation is 1. The zero-order valence-electron chi connectivity index (χ0n) is 9.13. The van der Waals surface area contributed by atoms with Crippen molar-refractivity contribution in [3.05, 3.63) is 48.3 Å². The first-order chi connectivity index (χ1) is 8.22. The van der Waals surface area contributed by atoms with Crippen molar-refractivity contribution in [3.63, 3.8) is 0 Å². The van der Waals surface area contributed by atoms with Crippen LogP contribution in [0.15, 0.2) is 36.7 Å². The van der Waals surface area contributed by atoms with Gasteiger partial charge in [0.2, 0.25) is 0 Å². The van der Waals surface area contributed by atoms with Gasteiger partial charge in [-0.05, 0) is 24.6 Å². The molecule has 0 radical (unpaired) electrons. The van der Waals surface area contributed by atoms with Crippen molar-refractivity contribution in [2.24, 2.45) is 0 Å². The van der Waals surface area contributed by atoms with Gasteiger partial charge in [0.1, 0.15) is 11.6 Å². The van der Waals surface area contributed by atoms with Gasteiger partial charge in [-0.25, -0.2) is 13.9 Å². The quantitative estimate of drug-likeness (QED) is 0.641. The monoisotopic (exact) mass is 228 g/mol. The van der Waals surface area contributed by atoms with Crippen LogP contribution in [0.5, 0.6) is 0 Å². The van der Waals surface area contributed by atoms with E-state index >= 15 is 0 Å². The van der Waals surface area contributed by atoms with E-state index in [1.165, 1.54) is 12.1 Å². The Hall–Kier alpha value is -2.30. The molecule has 0 aliphatic carbocycles. The van der Waals surface area contributed by atoms with Crippen molar-refractivity contribution in [1.29, 1.82) is 0 Å². The first-order valence-electron chi connectivity index (χ1n) is 5.17. The van der Waals surface area contributed by atoms with E-state index in [0.29, 0.717) is 11.6 Å². The lowest BCUT2D eigenvalue weighted by molar-refractivity contribution is 0.628. The van der Waals surface area contributed by atoms with Crippen LogP contribution < -0.4 is 0 Å². The lowest BCUT2D eigenvalue weighted by Crippen LogP contribution is -1.92. The van der Waals surface area contributed by atoms with Crippen molar-refractivity contribution in [2.75, 3.05) is 0 Å². The molecular weight excluding hydrogens is 219 g/mol. The molecule has 3 rings (SSSR count). The smallest absolute Gasteiger partial charge is 0.219 e. The van der Waals surface area contributed by atoms with Crippen LogP contribution in [0.4, 0.5) is 4.39 Å². The largest absolute Gasteiger partial charge is 0.252 e. The van der Waals surface area contributed by atoms with Crippen LogP contribution in [0.3, 0.4) is 0 Å². The molecule has 0 N–H and O–H groups in total. The van der Waals surface area contributed by atoms with Crippen LogP contribution in [-0.4, -0.2) is 19.6 Å². The van der Waals surface area contributed by atoms with E-state index in [1.54, 1.807) is 29.9 Å². The molecule has 0 saturated heterocycles. The summed E-state index contributed by atoms with van der Waals surface area (Å²) in [6.07, 6.45) is 3.45. The summed E-state index contributed by atoms with van der Waals surface area (Å²) in [4.78, 5) is 8.31. The van der Waals surface area contributed by atoms with Gasteiger partial charge < -0.3 is 0 Å². The minimum Gasteiger partial charge on any atom is -0.219 e. The minimum absolute atomic E-state index is 0.266. The number of fused-ring (bicyclic) bond motifs is 1. The summed E-state index contributed by atoms with van der Waals surface area (Å²) in [6, 6.07) is 6.37. The average Bonchev–Trinajstić information content (AvgIpc) is 2.68. The lowest BCUT2D eigenvalue weighted by atomic mass is 10.1. The average molecular weight is 228 g/mol. The number of nitrogens with zero attached hydrogens (tertiary/aromatic N) is 4. The van der Waals surface area contributed by atoms with Crippen LogP contribution >= 0.6 is 0 Å². The number of halogens is 1. The lowest BCUT2D eigenvalue weighted by Gasteiger charge is -2.01. The summed E-state index contributed by atoms with van der Waals surface area (Å²) in [6.45, 7) is 1.80. The van der Waals surface area contributed by atoms with Crippen molar-refractivity contribution >= 4 is 5.78 Å². The van der Waals surface area contributed by atoms with Gasteiger partial charge in [-0.1, -0.05) is 12.1 Å². The van der Waals surface area contributed by atoms with Gasteiger partial charge in [0, 0.05) is 18.0 Å². The first kappa shape index (κ1) is 9.89. The Morgan fingerprint density at radius 1 is 1.24 bits per heavy atom. The summed E-state index contributed by atoms with van der Waals surface area (Å²) in [5, 5.41) is 4.17. The highest BCUT2D eigenvalue weighted by Gasteiger charge is 2.04. The highest BCUT2D eigenvalue weighted by molar-refractivity contribution is 5.62. The van der Waals surface area contributed by atoms with Gasteiger partial charge >= 0.3 is 0 Å². The third-order valence-electron chi connectivity index (χ3n) is 2.46. The Bertz CT molecular complexity index is 690. The van der Waals surface area contributed by atoms with Gasteiger partial charge in [-0.3, -0.25) is 0 Å². The Labute approximate surface area is 96.8 Å². The molecule has 0 bridgehead atoms. The molecule has 2 heterocycles. The SMILES string of the molecule is Cc1nc2ncc(-c3cccc(F)c3)cn2n1. The van der Waals surface area contributed by atoms with Gasteiger partial charge in [-0.15, -0.1) is 0 Å². The maximum atomic E-state index is 13.1. The Balaban J connectivity index is 2.17. The van der Waals surface area contributed by atoms with E-state index in [4.69, 9.17) is 0 Å². The summed E-state index contributed by atoms with van der Waals surface area (Å²) < 4.78 is 14.7. The zero-order chi connectivity index (χ0) is 11.8. The van der Waals surface area contributed by atoms with Crippen LogP contribution in [0, 0.1) is 12.7 Å². The van der Waals surface area contributed by atoms with Crippen LogP contribution in [0.1, 0.15) is 5.82 Å². The fraction of sp³-hybridized carbons (Fsp3) is 0.0833. The zero-order valence-corrected chi connectivity index (χ0v) is 9.13. The van der Waals surface area contributed by atoms with Crippen LogP contribution in [0.25, 0.3) is 16.9 Å². The van der Waals surface area contributed by atoms with E-state index in [1.807, 2.05) is 6.07 Å². The highest BCUT2D eigenvalue weighted by Crippen LogP contribution is 2.18. The second-order valence-electron chi connectivity index (χ2n) is 3.76. The van der Waals surface area contributed by atoms with E-state index in [9.17, 15) is 4.39 Å². The van der Waals surface area contributed by atoms with E-state index in [0.717, 1.165) is 11.1 Å². The fourth-order valence-electron chi connectivity index (χ4n) is 1.70. The summed E-state index contributed by atoms with van der Waals surface area (Å²) in [5.41, 5.74) is 1.58. The maximum absolute atomic E-state index is 13.1. The first-order valence-corrected chi connectivity index (χ1v) is 5.17. The third-order valence-corrected chi connectivity index (χ3v) is 2.46. The van der Waals surface area contributed by atoms with Crippen LogP contribution in [-0.2, 0) is 0 Å². The van der Waals surface area contributed by atoms with Gasteiger partial charge in [0.25, 0.3) is 5.78 Å². The third kappa shape index (κ3) is 1.75. The predicted octanol–water partition coefficient (Wildman–Crippen LogP) is 2.24. The number of rotatable bonds is 1. The molecule has 17 heavy (non-hydrogen) atoms. The van der Waals surface area contributed by atoms with Gasteiger partial charge in [-0.2, -0.15) is 10.1 Å². The molecule has 0 aliphatic rings. The molecule has 3 aromatic rings. The summed E-state index contributed by atoms with van der Waals surface area (Å²) in [7, 11) is 0. The molecule has 4 nitrogen and oxygen atoms in total. The standard InChI is InChI=1S/C12H9FN4/c1-8-15-12-14-6-10(7-17(12)16-8)9-3-2-4-11(13)5-9/h2-7H,1H3. The van der Waals surface area contributed by atoms with Crippen molar-refractivity contribution < 1.29 is 4.39 Å². The molecular formula is C12H9FN4. The fourth-order valence-corrected chi connectivity index (χ4v) is 1.70. The molecule has 5 heteroatoms. The maximum Gasteiger partial charge on any atom is 0.252 e. The molecule has 0 saturated carbocycles. The molecule has 1 aromatic carbocycles. The normalized spacial score (nSPS) is 10.9. The topological polar surface area (TPSA) is 43.1 Å². The Kier molecular flexibility index (Phi) is 2.11. The predicted molar refractivity (Wildman–Crippen MR) is 60.9 cm³/mol. The molecule has 84 valence electrons. The second-order valence-corrected chi connectivity index (χ2v) is 3.76. The number of aromatic nitrogens is 4. The number of hydrogen-bond acceptors (Lipinski definition) is 3. The van der Waals surface area contributed by atoms with Gasteiger partial charge in [0.15, 0.2) is 0 Å². The minimum atomic E-state index is -0.266. The molecule has 0 aliphatic heterocycles. The second kappa shape index (κ2) is 3.62. The van der Waals surface area contributed by atoms with E-state index < -0.39 is 0 Å². The highest BCUT2D eigenvalue weighted by atomic mass is 19.1. The van der Waals surface area contributed by atoms with Crippen molar-refractivity contribution in [1.82, 2.24) is 19.6 Å². The molecule has 0 atom stereocenters. The summed E-state index contributed by atoms with van der Waals surface area (Å²) >= 11 is 0. The van der Waals surface area contributed by atoms with Gasteiger partial charge in [0.05, 0.1) is 0 Å². The van der Waals surface area contributed by atoms with E-state index in [-0.39, 0.29) is 5.82 Å². The summed E-state index contributed by atoms with van der Waals surface area (Å²) in [5.74, 6) is 0.939. The van der Waals surface area contributed by atoms with Crippen molar-refractivity contribution in [2.45, 2.75) is 6.92 Å². The molecule has 0 amide bonds. The number of benzene rings is 1. The van der Waals surface area contributed by atoms with Crippen molar-refractivity contribution in [3.8, 4) is 11.1 Å². The molecule has 0 spiro atoms. The van der Waals surface area contributed by atoms with Crippen LogP contribution in [0.2, 0.25) is 0 Å².